The number of hydrogen-bond donors (Lipinski definition) is 1. The molecular formula is C8H13NO2P+2. The Balaban J connectivity index is 2.58. The quantitative estimate of drug-likeness (QED) is 0.558. The topological polar surface area (TPSA) is 56.8 Å². The minimum atomic E-state index is -1.96. The van der Waals surface area contributed by atoms with Crippen molar-refractivity contribution in [1.82, 2.24) is 0 Å². The second-order valence-corrected chi connectivity index (χ2v) is 4.06. The van der Waals surface area contributed by atoms with Crippen LogP contribution in [0, 0.1) is 6.92 Å². The lowest BCUT2D eigenvalue weighted by Crippen LogP contribution is -2.46. The van der Waals surface area contributed by atoms with Gasteiger partial charge in [0.05, 0.1) is 0 Å². The van der Waals surface area contributed by atoms with E-state index < -0.39 is 8.38 Å². The van der Waals surface area contributed by atoms with Crippen LogP contribution in [0.4, 0.5) is 0 Å². The highest BCUT2D eigenvalue weighted by Gasteiger charge is 2.17. The Morgan fingerprint density at radius 2 is 2.00 bits per heavy atom. The summed E-state index contributed by atoms with van der Waals surface area (Å²) in [7, 11) is -1.96. The molecule has 0 aliphatic rings. The summed E-state index contributed by atoms with van der Waals surface area (Å²) in [6, 6.07) is 7.90. The summed E-state index contributed by atoms with van der Waals surface area (Å²) >= 11 is 0. The van der Waals surface area contributed by atoms with E-state index in [4.69, 9.17) is 0 Å². The van der Waals surface area contributed by atoms with E-state index in [2.05, 4.69) is 10.5 Å². The van der Waals surface area contributed by atoms with E-state index in [1.165, 1.54) is 5.56 Å². The van der Waals surface area contributed by atoms with Gasteiger partial charge in [0.25, 0.3) is 0 Å². The first kappa shape index (κ1) is 9.62. The molecule has 12 heavy (non-hydrogen) atoms. The largest absolute Gasteiger partial charge is 0.379 e. The van der Waals surface area contributed by atoms with E-state index >= 15 is 0 Å². The Kier molecular flexibility index (Phi) is 3.63. The molecule has 1 aromatic carbocycles. The molecule has 0 aliphatic carbocycles. The van der Waals surface area contributed by atoms with Crippen LogP contribution in [0.3, 0.4) is 0 Å². The molecule has 1 rings (SSSR count). The van der Waals surface area contributed by atoms with Crippen molar-refractivity contribution >= 4 is 8.38 Å². The molecule has 0 spiro atoms. The minimum absolute atomic E-state index is 0.481. The molecule has 0 aromatic heterocycles. The molecule has 3 nitrogen and oxygen atoms in total. The van der Waals surface area contributed by atoms with Gasteiger partial charge >= 0.3 is 8.38 Å². The lowest BCUT2D eigenvalue weighted by Gasteiger charge is -1.96. The van der Waals surface area contributed by atoms with E-state index in [1.54, 1.807) is 0 Å². The summed E-state index contributed by atoms with van der Waals surface area (Å²) in [4.78, 5) is 11.0. The van der Waals surface area contributed by atoms with Crippen molar-refractivity contribution in [1.29, 1.82) is 0 Å². The monoisotopic (exact) mass is 186 g/mol. The van der Waals surface area contributed by atoms with Crippen molar-refractivity contribution in [3.8, 4) is 0 Å². The van der Waals surface area contributed by atoms with Crippen LogP contribution < -0.4 is 5.90 Å². The molecule has 4 heteroatoms. The van der Waals surface area contributed by atoms with Gasteiger partial charge in [-0.1, -0.05) is 29.8 Å². The van der Waals surface area contributed by atoms with E-state index in [0.29, 0.717) is 6.16 Å². The fourth-order valence-electron chi connectivity index (χ4n) is 0.924. The lowest BCUT2D eigenvalue weighted by atomic mass is 10.2. The second kappa shape index (κ2) is 4.53. The third-order valence-corrected chi connectivity index (χ3v) is 2.65. The highest BCUT2D eigenvalue weighted by atomic mass is 31.2. The molecule has 1 unspecified atom stereocenters. The van der Waals surface area contributed by atoms with Crippen LogP contribution >= 0.6 is 8.38 Å². The molecular weight excluding hydrogens is 173 g/mol. The van der Waals surface area contributed by atoms with E-state index in [-0.39, 0.29) is 0 Å². The summed E-state index contributed by atoms with van der Waals surface area (Å²) in [5.74, 6) is 3.13. The molecule has 0 bridgehead atoms. The van der Waals surface area contributed by atoms with Crippen LogP contribution in [0.5, 0.6) is 0 Å². The van der Waals surface area contributed by atoms with Crippen molar-refractivity contribution in [3.05, 3.63) is 35.4 Å². The van der Waals surface area contributed by atoms with Gasteiger partial charge in [-0.3, -0.25) is 0 Å². The summed E-state index contributed by atoms with van der Waals surface area (Å²) in [5, 5.41) is 0. The zero-order valence-corrected chi connectivity index (χ0v) is 8.04. The first-order valence-electron chi connectivity index (χ1n) is 3.73. The second-order valence-electron chi connectivity index (χ2n) is 2.68. The standard InChI is InChI=1S/C8H13NO2P/c1-7-2-4-8(5-3-7)6-12(10)11-9/h2-5,12H,6H2,1,9H3/q+2. The molecule has 0 saturated heterocycles. The van der Waals surface area contributed by atoms with Gasteiger partial charge in [0.15, 0.2) is 0 Å². The third-order valence-electron chi connectivity index (χ3n) is 1.63. The fourth-order valence-corrected chi connectivity index (χ4v) is 1.59. The van der Waals surface area contributed by atoms with Crippen LogP contribution in [0.25, 0.3) is 0 Å². The summed E-state index contributed by atoms with van der Waals surface area (Å²) in [6.07, 6.45) is 0.481. The van der Waals surface area contributed by atoms with Gasteiger partial charge in [-0.25, -0.2) is 0 Å². The van der Waals surface area contributed by atoms with Crippen molar-refractivity contribution in [2.45, 2.75) is 13.1 Å². The predicted octanol–water partition coefficient (Wildman–Crippen LogP) is 1.14. The number of hydrogen-bond acceptors (Lipinski definition) is 1. The van der Waals surface area contributed by atoms with Gasteiger partial charge in [-0.05, 0) is 22.0 Å². The SMILES string of the molecule is Cc1ccc(C[PH+]([O])O[NH3+])cc1. The molecule has 0 saturated carbocycles. The van der Waals surface area contributed by atoms with Crippen LogP contribution in [0.15, 0.2) is 24.3 Å². The van der Waals surface area contributed by atoms with Gasteiger partial charge < -0.3 is 0 Å². The van der Waals surface area contributed by atoms with Gasteiger partial charge in [0, 0.05) is 0 Å². The van der Waals surface area contributed by atoms with Gasteiger partial charge in [-0.15, -0.1) is 0 Å². The number of quaternary nitrogens is 1. The van der Waals surface area contributed by atoms with Gasteiger partial charge in [0.2, 0.25) is 0 Å². The molecule has 0 heterocycles. The lowest BCUT2D eigenvalue weighted by molar-refractivity contribution is -0.638. The average Bonchev–Trinajstić information content (AvgIpc) is 2.09. The molecule has 65 valence electrons. The summed E-state index contributed by atoms with van der Waals surface area (Å²) in [6.45, 7) is 2.02. The zero-order valence-electron chi connectivity index (χ0n) is 7.04. The van der Waals surface area contributed by atoms with Crippen molar-refractivity contribution in [2.24, 2.45) is 0 Å². The summed E-state index contributed by atoms with van der Waals surface area (Å²) in [5.41, 5.74) is 2.24. The van der Waals surface area contributed by atoms with E-state index in [9.17, 15) is 4.89 Å². The van der Waals surface area contributed by atoms with Crippen LogP contribution in [0.1, 0.15) is 11.1 Å². The van der Waals surface area contributed by atoms with Crippen LogP contribution in [-0.2, 0) is 15.7 Å². The molecule has 0 amide bonds. The Hall–Kier alpha value is -0.470. The smallest absolute Gasteiger partial charge is 0.171 e. The third kappa shape index (κ3) is 2.88. The minimum Gasteiger partial charge on any atom is -0.171 e. The fraction of sp³-hybridized carbons (Fsp3) is 0.250. The first-order chi connectivity index (χ1) is 5.72. The van der Waals surface area contributed by atoms with Crippen molar-refractivity contribution in [2.75, 3.05) is 0 Å². The number of aryl methyl sites for hydroxylation is 1. The Morgan fingerprint density at radius 3 is 2.50 bits per heavy atom. The number of rotatable bonds is 3. The zero-order chi connectivity index (χ0) is 8.97. The van der Waals surface area contributed by atoms with Crippen LogP contribution in [-0.4, -0.2) is 0 Å². The maximum Gasteiger partial charge on any atom is 0.379 e. The normalized spacial score (nSPS) is 12.9. The highest BCUT2D eigenvalue weighted by Crippen LogP contribution is 2.33. The summed E-state index contributed by atoms with van der Waals surface area (Å²) < 4.78 is 4.48. The average molecular weight is 186 g/mol. The molecule has 1 aromatic rings. The first-order valence-corrected chi connectivity index (χ1v) is 5.25. The van der Waals surface area contributed by atoms with E-state index in [1.807, 2.05) is 31.2 Å². The molecule has 1 radical (unpaired) electrons. The van der Waals surface area contributed by atoms with Crippen LogP contribution in [0.2, 0.25) is 0 Å². The van der Waals surface area contributed by atoms with Gasteiger partial charge in [-0.2, -0.15) is 5.90 Å². The Morgan fingerprint density at radius 1 is 1.42 bits per heavy atom. The number of benzene rings is 1. The van der Waals surface area contributed by atoms with E-state index in [0.717, 1.165) is 5.56 Å². The molecule has 0 aliphatic heterocycles. The van der Waals surface area contributed by atoms with Crippen molar-refractivity contribution < 1.29 is 15.4 Å². The molecule has 1 atom stereocenters. The predicted molar refractivity (Wildman–Crippen MR) is 47.9 cm³/mol. The highest BCUT2D eigenvalue weighted by molar-refractivity contribution is 7.44. The Labute approximate surface area is 73.0 Å². The maximum atomic E-state index is 11.0. The molecule has 0 fully saturated rings. The Bertz CT molecular complexity index is 237. The van der Waals surface area contributed by atoms with Gasteiger partial charge in [0.1, 0.15) is 6.16 Å². The maximum absolute atomic E-state index is 11.0. The molecule has 3 N–H and O–H groups in total. The van der Waals surface area contributed by atoms with Crippen molar-refractivity contribution in [3.63, 3.8) is 0 Å².